The molecule has 0 bridgehead atoms. The molecular formula is C19H33NO4S2. The Bertz CT molecular complexity index is 482. The number of Topliss-reactive ketones (excluding diaryl/α,β-unsaturated/α-hetero) is 1. The van der Waals surface area contributed by atoms with Gasteiger partial charge >= 0.3 is 0 Å². The van der Waals surface area contributed by atoms with Crippen molar-refractivity contribution < 1.29 is 19.1 Å². The number of carbonyl (C=O) groups is 2. The lowest BCUT2D eigenvalue weighted by molar-refractivity contribution is -0.126. The van der Waals surface area contributed by atoms with Gasteiger partial charge in [-0.25, -0.2) is 0 Å². The summed E-state index contributed by atoms with van der Waals surface area (Å²) in [4.78, 5) is 23.3. The van der Waals surface area contributed by atoms with E-state index in [2.05, 4.69) is 31.0 Å². The van der Waals surface area contributed by atoms with E-state index in [-0.39, 0.29) is 29.0 Å². The highest BCUT2D eigenvalue weighted by molar-refractivity contribution is 8.77. The summed E-state index contributed by atoms with van der Waals surface area (Å²) in [5.41, 5.74) is 0. The molecule has 0 aromatic heterocycles. The van der Waals surface area contributed by atoms with Gasteiger partial charge in [0.25, 0.3) is 0 Å². The molecule has 0 saturated carbocycles. The first-order valence-electron chi connectivity index (χ1n) is 8.88. The Hall–Kier alpha value is -0.680. The number of hydrogen-bond donors (Lipinski definition) is 1. The second-order valence-electron chi connectivity index (χ2n) is 7.09. The zero-order valence-corrected chi connectivity index (χ0v) is 18.5. The van der Waals surface area contributed by atoms with Crippen molar-refractivity contribution in [3.8, 4) is 11.8 Å². The fourth-order valence-corrected chi connectivity index (χ4v) is 3.90. The highest BCUT2D eigenvalue weighted by Gasteiger charge is 2.24. The molecule has 0 aliphatic carbocycles. The number of rotatable bonds is 13. The third kappa shape index (κ3) is 15.6. The quantitative estimate of drug-likeness (QED) is 0.220. The highest BCUT2D eigenvalue weighted by atomic mass is 33.1. The fourth-order valence-electron chi connectivity index (χ4n) is 1.66. The molecule has 0 aliphatic heterocycles. The van der Waals surface area contributed by atoms with Crippen molar-refractivity contribution in [2.75, 3.05) is 32.3 Å². The lowest BCUT2D eigenvalue weighted by atomic mass is 9.99. The van der Waals surface area contributed by atoms with Gasteiger partial charge in [-0.15, -0.1) is 0 Å². The zero-order chi connectivity index (χ0) is 20.0. The monoisotopic (exact) mass is 403 g/mol. The number of hydrogen-bond acceptors (Lipinski definition) is 6. The van der Waals surface area contributed by atoms with E-state index in [0.29, 0.717) is 38.0 Å². The maximum Gasteiger partial charge on any atom is 0.246 e. The third-order valence-corrected chi connectivity index (χ3v) is 6.00. The number of ether oxygens (including phenoxy) is 2. The molecule has 0 unspecified atom stereocenters. The zero-order valence-electron chi connectivity index (χ0n) is 16.8. The molecule has 150 valence electrons. The summed E-state index contributed by atoms with van der Waals surface area (Å²) in [5, 5.41) is 2.68. The Morgan fingerprint density at radius 1 is 1.12 bits per heavy atom. The Labute approximate surface area is 166 Å². The number of amides is 1. The van der Waals surface area contributed by atoms with Crippen molar-refractivity contribution in [2.24, 2.45) is 11.8 Å². The van der Waals surface area contributed by atoms with Gasteiger partial charge in [-0.05, 0) is 13.8 Å². The van der Waals surface area contributed by atoms with Gasteiger partial charge in [-0.2, -0.15) is 0 Å². The summed E-state index contributed by atoms with van der Waals surface area (Å²) in [6.45, 7) is 13.2. The standard InChI is InChI=1S/C19H33NO4S2/c1-15(2)8-7-9-20-18(22)13-23-10-11-24-14-25-26-19(5,6)12-17(21)16(3)4/h15-16H,9-14H2,1-6H3,(H,20,22). The molecule has 7 heteroatoms. The van der Waals surface area contributed by atoms with Gasteiger partial charge in [0.05, 0.1) is 19.8 Å². The predicted molar refractivity (Wildman–Crippen MR) is 111 cm³/mol. The van der Waals surface area contributed by atoms with Crippen molar-refractivity contribution in [3.63, 3.8) is 0 Å². The van der Waals surface area contributed by atoms with Crippen LogP contribution < -0.4 is 5.32 Å². The summed E-state index contributed by atoms with van der Waals surface area (Å²) < 4.78 is 10.6. The van der Waals surface area contributed by atoms with Crippen LogP contribution in [0.2, 0.25) is 0 Å². The second-order valence-corrected chi connectivity index (χ2v) is 10.0. The number of ketones is 1. The summed E-state index contributed by atoms with van der Waals surface area (Å²) in [7, 11) is 3.25. The molecule has 0 rings (SSSR count). The van der Waals surface area contributed by atoms with Crippen molar-refractivity contribution in [1.82, 2.24) is 5.32 Å². The Morgan fingerprint density at radius 3 is 2.38 bits per heavy atom. The highest BCUT2D eigenvalue weighted by Crippen LogP contribution is 2.38. The van der Waals surface area contributed by atoms with Crippen molar-refractivity contribution >= 4 is 33.3 Å². The molecule has 0 radical (unpaired) electrons. The number of nitrogens with one attached hydrogen (secondary N) is 1. The SMILES string of the molecule is CC(C)C#CCNC(=O)COCCOCSSC(C)(C)CC(=O)C(C)C. The minimum atomic E-state index is -0.176. The van der Waals surface area contributed by atoms with Crippen LogP contribution >= 0.6 is 21.6 Å². The summed E-state index contributed by atoms with van der Waals surface area (Å²) in [6.07, 6.45) is 0.558. The normalized spacial score (nSPS) is 11.4. The Kier molecular flexibility index (Phi) is 14.0. The maximum absolute atomic E-state index is 11.8. The van der Waals surface area contributed by atoms with E-state index in [0.717, 1.165) is 0 Å². The van der Waals surface area contributed by atoms with E-state index in [4.69, 9.17) is 9.47 Å². The van der Waals surface area contributed by atoms with E-state index in [1.807, 2.05) is 27.7 Å². The van der Waals surface area contributed by atoms with Crippen LogP contribution in [0.3, 0.4) is 0 Å². The van der Waals surface area contributed by atoms with Crippen molar-refractivity contribution in [1.29, 1.82) is 0 Å². The second kappa shape index (κ2) is 14.4. The van der Waals surface area contributed by atoms with E-state index < -0.39 is 0 Å². The molecule has 26 heavy (non-hydrogen) atoms. The smallest absolute Gasteiger partial charge is 0.246 e. The molecule has 0 spiro atoms. The lowest BCUT2D eigenvalue weighted by Crippen LogP contribution is -2.28. The van der Waals surface area contributed by atoms with Crippen LogP contribution in [0.25, 0.3) is 0 Å². The van der Waals surface area contributed by atoms with Crippen molar-refractivity contribution in [2.45, 2.75) is 52.7 Å². The van der Waals surface area contributed by atoms with Gasteiger partial charge in [0, 0.05) is 23.0 Å². The molecule has 0 atom stereocenters. The van der Waals surface area contributed by atoms with Gasteiger partial charge in [-0.1, -0.05) is 61.1 Å². The molecule has 5 nitrogen and oxygen atoms in total. The fraction of sp³-hybridized carbons (Fsp3) is 0.789. The van der Waals surface area contributed by atoms with Gasteiger partial charge in [0.1, 0.15) is 18.3 Å². The minimum absolute atomic E-state index is 0.0129. The lowest BCUT2D eigenvalue weighted by Gasteiger charge is -2.23. The molecule has 0 saturated heterocycles. The molecule has 0 aliphatic rings. The predicted octanol–water partition coefficient (Wildman–Crippen LogP) is 3.53. The first-order valence-corrected chi connectivity index (χ1v) is 11.2. The summed E-state index contributed by atoms with van der Waals surface area (Å²) in [5.74, 6) is 6.86. The van der Waals surface area contributed by atoms with Crippen LogP contribution in [0.15, 0.2) is 0 Å². The molecule has 0 aromatic carbocycles. The number of carbonyl (C=O) groups excluding carboxylic acids is 2. The van der Waals surface area contributed by atoms with E-state index in [1.54, 1.807) is 21.6 Å². The summed E-state index contributed by atoms with van der Waals surface area (Å²) >= 11 is 0. The Morgan fingerprint density at radius 2 is 1.77 bits per heavy atom. The first kappa shape index (κ1) is 25.3. The molecule has 0 fully saturated rings. The third-order valence-electron chi connectivity index (χ3n) is 3.03. The van der Waals surface area contributed by atoms with E-state index in [9.17, 15) is 9.59 Å². The largest absolute Gasteiger partial charge is 0.369 e. The van der Waals surface area contributed by atoms with Gasteiger partial charge in [-0.3, -0.25) is 9.59 Å². The van der Waals surface area contributed by atoms with Gasteiger partial charge in [0.2, 0.25) is 5.91 Å². The average Bonchev–Trinajstić information content (AvgIpc) is 2.53. The molecule has 1 amide bonds. The maximum atomic E-state index is 11.8. The minimum Gasteiger partial charge on any atom is -0.369 e. The van der Waals surface area contributed by atoms with Crippen LogP contribution in [0.5, 0.6) is 0 Å². The Balaban J connectivity index is 3.60. The molecule has 0 heterocycles. The van der Waals surface area contributed by atoms with Crippen molar-refractivity contribution in [3.05, 3.63) is 0 Å². The van der Waals surface area contributed by atoms with Crippen LogP contribution in [0.1, 0.15) is 48.0 Å². The van der Waals surface area contributed by atoms with E-state index >= 15 is 0 Å². The topological polar surface area (TPSA) is 64.6 Å². The first-order chi connectivity index (χ1) is 12.1. The van der Waals surface area contributed by atoms with E-state index in [1.165, 1.54) is 0 Å². The summed E-state index contributed by atoms with van der Waals surface area (Å²) in [6, 6.07) is 0. The average molecular weight is 404 g/mol. The molecular weight excluding hydrogens is 370 g/mol. The van der Waals surface area contributed by atoms with Gasteiger partial charge in [0.15, 0.2) is 0 Å². The van der Waals surface area contributed by atoms with Gasteiger partial charge < -0.3 is 14.8 Å². The van der Waals surface area contributed by atoms with Crippen LogP contribution in [-0.4, -0.2) is 48.7 Å². The molecule has 1 N–H and O–H groups in total. The van der Waals surface area contributed by atoms with Crippen LogP contribution in [-0.2, 0) is 19.1 Å². The molecule has 0 aromatic rings. The van der Waals surface area contributed by atoms with Crippen LogP contribution in [0, 0.1) is 23.7 Å². The van der Waals surface area contributed by atoms with Crippen LogP contribution in [0.4, 0.5) is 0 Å².